The highest BCUT2D eigenvalue weighted by molar-refractivity contribution is 5.37. The quantitative estimate of drug-likeness (QED) is 0.788. The Morgan fingerprint density at radius 3 is 2.60 bits per heavy atom. The van der Waals surface area contributed by atoms with Crippen molar-refractivity contribution in [2.24, 2.45) is 0 Å². The number of rotatable bonds is 2. The molecule has 0 atom stereocenters. The predicted octanol–water partition coefficient (Wildman–Crippen LogP) is 1.07. The summed E-state index contributed by atoms with van der Waals surface area (Å²) in [4.78, 5) is 13.2. The summed E-state index contributed by atoms with van der Waals surface area (Å²) in [6.07, 6.45) is -3.90. The molecule has 0 fully saturated rings. The van der Waals surface area contributed by atoms with Crippen LogP contribution in [0.1, 0.15) is 11.1 Å². The van der Waals surface area contributed by atoms with Crippen LogP contribution in [0, 0.1) is 6.92 Å². The van der Waals surface area contributed by atoms with E-state index >= 15 is 0 Å². The molecule has 0 saturated heterocycles. The minimum absolute atomic E-state index is 0.121. The second kappa shape index (κ2) is 3.93. The van der Waals surface area contributed by atoms with Gasteiger partial charge in [-0.15, -0.1) is 13.2 Å². The van der Waals surface area contributed by atoms with Gasteiger partial charge in [-0.3, -0.25) is 4.79 Å². The highest BCUT2D eigenvalue weighted by Crippen LogP contribution is 2.27. The van der Waals surface area contributed by atoms with Crippen LogP contribution in [0.5, 0.6) is 5.75 Å². The third-order valence-electron chi connectivity index (χ3n) is 1.74. The maximum absolute atomic E-state index is 12.0. The molecular weight excluding hydrogens is 215 g/mol. The predicted molar refractivity (Wildman–Crippen MR) is 44.4 cm³/mol. The lowest BCUT2D eigenvalue weighted by Gasteiger charge is -2.13. The standard InChI is InChI=1S/C8H8F3NO3/c1-4-6(15-8(9,10)11)5(3-13)2-12-7(4)14/h2,13H,3H2,1H3,(H,12,14). The average molecular weight is 223 g/mol. The fourth-order valence-electron chi connectivity index (χ4n) is 1.05. The Kier molecular flexibility index (Phi) is 3.04. The zero-order chi connectivity index (χ0) is 11.6. The Bertz CT molecular complexity index is 411. The number of nitrogens with one attached hydrogen (secondary N) is 1. The molecule has 0 radical (unpaired) electrons. The SMILES string of the molecule is Cc1c(OC(F)(F)F)c(CO)c[nH]c1=O. The van der Waals surface area contributed by atoms with E-state index in [1.54, 1.807) is 0 Å². The smallest absolute Gasteiger partial charge is 0.405 e. The van der Waals surface area contributed by atoms with Gasteiger partial charge in [0.05, 0.1) is 12.2 Å². The fraction of sp³-hybridized carbons (Fsp3) is 0.375. The zero-order valence-corrected chi connectivity index (χ0v) is 7.68. The second-order valence-corrected chi connectivity index (χ2v) is 2.80. The number of aromatic nitrogens is 1. The van der Waals surface area contributed by atoms with Crippen LogP contribution < -0.4 is 10.3 Å². The Morgan fingerprint density at radius 2 is 2.13 bits per heavy atom. The highest BCUT2D eigenvalue weighted by atomic mass is 19.4. The number of alkyl halides is 3. The molecule has 7 heteroatoms. The van der Waals surface area contributed by atoms with E-state index < -0.39 is 24.3 Å². The number of pyridine rings is 1. The van der Waals surface area contributed by atoms with Crippen molar-refractivity contribution in [3.63, 3.8) is 0 Å². The third-order valence-corrected chi connectivity index (χ3v) is 1.74. The summed E-state index contributed by atoms with van der Waals surface area (Å²) in [6, 6.07) is 0. The molecule has 0 unspecified atom stereocenters. The molecule has 2 N–H and O–H groups in total. The summed E-state index contributed by atoms with van der Waals surface area (Å²) in [5.41, 5.74) is -1.03. The number of aromatic amines is 1. The van der Waals surface area contributed by atoms with E-state index in [1.165, 1.54) is 6.92 Å². The zero-order valence-electron chi connectivity index (χ0n) is 7.68. The fourth-order valence-corrected chi connectivity index (χ4v) is 1.05. The summed E-state index contributed by atoms with van der Waals surface area (Å²) >= 11 is 0. The topological polar surface area (TPSA) is 62.3 Å². The van der Waals surface area contributed by atoms with Gasteiger partial charge in [0.25, 0.3) is 5.56 Å². The first-order valence-corrected chi connectivity index (χ1v) is 3.93. The summed E-state index contributed by atoms with van der Waals surface area (Å²) in [5, 5.41) is 8.76. The molecule has 0 aliphatic rings. The van der Waals surface area contributed by atoms with Gasteiger partial charge in [-0.25, -0.2) is 0 Å². The van der Waals surface area contributed by atoms with Gasteiger partial charge in [0.1, 0.15) is 5.75 Å². The molecular formula is C8H8F3NO3. The van der Waals surface area contributed by atoms with Crippen LogP contribution in [0.2, 0.25) is 0 Å². The van der Waals surface area contributed by atoms with Gasteiger partial charge < -0.3 is 14.8 Å². The van der Waals surface area contributed by atoms with Crippen LogP contribution in [0.3, 0.4) is 0 Å². The lowest BCUT2D eigenvalue weighted by Crippen LogP contribution is -2.22. The maximum atomic E-state index is 12.0. The Hall–Kier alpha value is -1.50. The molecule has 0 aliphatic heterocycles. The monoisotopic (exact) mass is 223 g/mol. The summed E-state index contributed by atoms with van der Waals surface area (Å²) in [5.74, 6) is -0.645. The molecule has 0 bridgehead atoms. The Morgan fingerprint density at radius 1 is 1.53 bits per heavy atom. The molecule has 1 heterocycles. The minimum Gasteiger partial charge on any atom is -0.405 e. The molecule has 0 amide bonds. The van der Waals surface area contributed by atoms with Gasteiger partial charge in [0.15, 0.2) is 0 Å². The molecule has 0 aromatic carbocycles. The second-order valence-electron chi connectivity index (χ2n) is 2.80. The lowest BCUT2D eigenvalue weighted by atomic mass is 10.2. The number of aliphatic hydroxyl groups is 1. The molecule has 15 heavy (non-hydrogen) atoms. The first-order chi connectivity index (χ1) is 6.85. The van der Waals surface area contributed by atoms with E-state index in [2.05, 4.69) is 9.72 Å². The van der Waals surface area contributed by atoms with Crippen molar-refractivity contribution in [3.8, 4) is 5.75 Å². The molecule has 84 valence electrons. The van der Waals surface area contributed by atoms with Crippen LogP contribution >= 0.6 is 0 Å². The van der Waals surface area contributed by atoms with Crippen LogP contribution in [0.25, 0.3) is 0 Å². The van der Waals surface area contributed by atoms with Gasteiger partial charge in [0.2, 0.25) is 0 Å². The van der Waals surface area contributed by atoms with Crippen molar-refractivity contribution < 1.29 is 23.0 Å². The van der Waals surface area contributed by atoms with E-state index in [0.29, 0.717) is 0 Å². The van der Waals surface area contributed by atoms with Gasteiger partial charge in [-0.05, 0) is 6.92 Å². The van der Waals surface area contributed by atoms with E-state index in [0.717, 1.165) is 6.20 Å². The van der Waals surface area contributed by atoms with E-state index in [9.17, 15) is 18.0 Å². The van der Waals surface area contributed by atoms with Gasteiger partial charge in [-0.1, -0.05) is 0 Å². The number of hydrogen-bond donors (Lipinski definition) is 2. The number of ether oxygens (including phenoxy) is 1. The van der Waals surface area contributed by atoms with Crippen LogP contribution in [-0.4, -0.2) is 16.5 Å². The van der Waals surface area contributed by atoms with Crippen molar-refractivity contribution in [2.45, 2.75) is 19.9 Å². The van der Waals surface area contributed by atoms with E-state index in [-0.39, 0.29) is 11.1 Å². The molecule has 1 aromatic heterocycles. The van der Waals surface area contributed by atoms with Crippen molar-refractivity contribution in [1.82, 2.24) is 4.98 Å². The molecule has 4 nitrogen and oxygen atoms in total. The number of aliphatic hydroxyl groups excluding tert-OH is 1. The van der Waals surface area contributed by atoms with E-state index in [4.69, 9.17) is 5.11 Å². The van der Waals surface area contributed by atoms with E-state index in [1.807, 2.05) is 0 Å². The minimum atomic E-state index is -4.89. The summed E-state index contributed by atoms with van der Waals surface area (Å²) in [6.45, 7) is 0.530. The summed E-state index contributed by atoms with van der Waals surface area (Å²) < 4.78 is 39.5. The average Bonchev–Trinajstić information content (AvgIpc) is 2.11. The Labute approximate surface area is 82.3 Å². The maximum Gasteiger partial charge on any atom is 0.573 e. The molecule has 1 aromatic rings. The first kappa shape index (κ1) is 11.6. The number of halogens is 3. The Balaban J connectivity index is 3.24. The van der Waals surface area contributed by atoms with Crippen molar-refractivity contribution in [3.05, 3.63) is 27.7 Å². The largest absolute Gasteiger partial charge is 0.573 e. The molecule has 0 aliphatic carbocycles. The van der Waals surface area contributed by atoms with Crippen LogP contribution in [-0.2, 0) is 6.61 Å². The first-order valence-electron chi connectivity index (χ1n) is 3.93. The third kappa shape index (κ3) is 2.72. The van der Waals surface area contributed by atoms with Gasteiger partial charge in [0, 0.05) is 11.8 Å². The normalized spacial score (nSPS) is 11.5. The van der Waals surface area contributed by atoms with Crippen molar-refractivity contribution in [2.75, 3.05) is 0 Å². The van der Waals surface area contributed by atoms with Crippen LogP contribution in [0.4, 0.5) is 13.2 Å². The lowest BCUT2D eigenvalue weighted by molar-refractivity contribution is -0.275. The van der Waals surface area contributed by atoms with Crippen molar-refractivity contribution in [1.29, 1.82) is 0 Å². The number of H-pyrrole nitrogens is 1. The number of hydrogen-bond acceptors (Lipinski definition) is 3. The summed E-state index contributed by atoms with van der Waals surface area (Å²) in [7, 11) is 0. The van der Waals surface area contributed by atoms with Crippen LogP contribution in [0.15, 0.2) is 11.0 Å². The molecule has 0 saturated carbocycles. The van der Waals surface area contributed by atoms with Crippen molar-refractivity contribution >= 4 is 0 Å². The van der Waals surface area contributed by atoms with Gasteiger partial charge >= 0.3 is 6.36 Å². The molecule has 0 spiro atoms. The van der Waals surface area contributed by atoms with Gasteiger partial charge in [-0.2, -0.15) is 0 Å². The molecule has 1 rings (SSSR count). The highest BCUT2D eigenvalue weighted by Gasteiger charge is 2.33.